The second-order valence-corrected chi connectivity index (χ2v) is 4.69. The van der Waals surface area contributed by atoms with E-state index in [0.29, 0.717) is 10.8 Å². The standard InChI is InChI=1S/C13H17ClFNO/c1-3-5-11-12(16-4-2)9-6-8(15)7-10(14)13(9)17-11/h6-7,11-12,16H,3-5H2,1-2H3. The van der Waals surface area contributed by atoms with Crippen LogP contribution in [-0.2, 0) is 0 Å². The van der Waals surface area contributed by atoms with Crippen LogP contribution in [0.1, 0.15) is 38.3 Å². The van der Waals surface area contributed by atoms with Crippen LogP contribution in [0.2, 0.25) is 5.02 Å². The zero-order chi connectivity index (χ0) is 12.4. The molecule has 1 aliphatic heterocycles. The van der Waals surface area contributed by atoms with Crippen molar-refractivity contribution in [1.82, 2.24) is 5.32 Å². The Bertz CT molecular complexity index is 411. The Morgan fingerprint density at radius 3 is 2.82 bits per heavy atom. The van der Waals surface area contributed by atoms with Gasteiger partial charge in [0.2, 0.25) is 0 Å². The van der Waals surface area contributed by atoms with Crippen LogP contribution in [0.25, 0.3) is 0 Å². The van der Waals surface area contributed by atoms with Crippen molar-refractivity contribution in [3.8, 4) is 5.75 Å². The van der Waals surface area contributed by atoms with Crippen molar-refractivity contribution in [2.24, 2.45) is 0 Å². The molecule has 1 aliphatic rings. The van der Waals surface area contributed by atoms with E-state index in [4.69, 9.17) is 16.3 Å². The molecule has 0 amide bonds. The molecule has 4 heteroatoms. The van der Waals surface area contributed by atoms with Gasteiger partial charge in [-0.25, -0.2) is 4.39 Å². The van der Waals surface area contributed by atoms with Crippen LogP contribution in [0.15, 0.2) is 12.1 Å². The number of nitrogens with one attached hydrogen (secondary N) is 1. The summed E-state index contributed by atoms with van der Waals surface area (Å²) in [5.41, 5.74) is 0.843. The van der Waals surface area contributed by atoms with Gasteiger partial charge in [0, 0.05) is 5.56 Å². The van der Waals surface area contributed by atoms with Gasteiger partial charge in [-0.1, -0.05) is 31.9 Å². The number of ether oxygens (including phenoxy) is 1. The molecule has 2 unspecified atom stereocenters. The van der Waals surface area contributed by atoms with Gasteiger partial charge in [0.05, 0.1) is 11.1 Å². The first kappa shape index (κ1) is 12.7. The van der Waals surface area contributed by atoms with Crippen molar-refractivity contribution in [3.63, 3.8) is 0 Å². The van der Waals surface area contributed by atoms with E-state index in [1.807, 2.05) is 6.92 Å². The van der Waals surface area contributed by atoms with Gasteiger partial charge in [-0.2, -0.15) is 0 Å². The molecular formula is C13H17ClFNO. The van der Waals surface area contributed by atoms with Crippen molar-refractivity contribution < 1.29 is 9.13 Å². The molecule has 0 bridgehead atoms. The third kappa shape index (κ3) is 2.40. The Hall–Kier alpha value is -0.800. The van der Waals surface area contributed by atoms with Gasteiger partial charge in [-0.3, -0.25) is 0 Å². The van der Waals surface area contributed by atoms with Crippen molar-refractivity contribution >= 4 is 11.6 Å². The molecule has 2 rings (SSSR count). The fourth-order valence-electron chi connectivity index (χ4n) is 2.33. The molecule has 17 heavy (non-hydrogen) atoms. The first-order valence-electron chi connectivity index (χ1n) is 6.06. The number of rotatable bonds is 4. The molecule has 1 N–H and O–H groups in total. The third-order valence-corrected chi connectivity index (χ3v) is 3.29. The molecule has 2 atom stereocenters. The Balaban J connectivity index is 2.35. The summed E-state index contributed by atoms with van der Waals surface area (Å²) >= 11 is 6.01. The lowest BCUT2D eigenvalue weighted by Crippen LogP contribution is -2.30. The van der Waals surface area contributed by atoms with Gasteiger partial charge in [0.15, 0.2) is 0 Å². The lowest BCUT2D eigenvalue weighted by Gasteiger charge is -2.18. The summed E-state index contributed by atoms with van der Waals surface area (Å²) in [6.45, 7) is 4.96. The Labute approximate surface area is 106 Å². The van der Waals surface area contributed by atoms with E-state index in [1.165, 1.54) is 12.1 Å². The number of hydrogen-bond acceptors (Lipinski definition) is 2. The summed E-state index contributed by atoms with van der Waals surface area (Å²) < 4.78 is 19.2. The maximum absolute atomic E-state index is 13.4. The highest BCUT2D eigenvalue weighted by Gasteiger charge is 2.35. The number of fused-ring (bicyclic) bond motifs is 1. The summed E-state index contributed by atoms with van der Waals surface area (Å²) in [4.78, 5) is 0. The van der Waals surface area contributed by atoms with Crippen LogP contribution in [0, 0.1) is 5.82 Å². The van der Waals surface area contributed by atoms with Crippen molar-refractivity contribution in [3.05, 3.63) is 28.5 Å². The maximum Gasteiger partial charge on any atom is 0.143 e. The summed E-state index contributed by atoms with van der Waals surface area (Å²) in [7, 11) is 0. The lowest BCUT2D eigenvalue weighted by molar-refractivity contribution is 0.179. The van der Waals surface area contributed by atoms with Crippen LogP contribution < -0.4 is 10.1 Å². The molecule has 0 saturated carbocycles. The number of halogens is 2. The van der Waals surface area contributed by atoms with E-state index in [1.54, 1.807) is 0 Å². The second kappa shape index (κ2) is 5.23. The van der Waals surface area contributed by atoms with E-state index in [-0.39, 0.29) is 18.0 Å². The molecule has 94 valence electrons. The van der Waals surface area contributed by atoms with Crippen LogP contribution in [0.5, 0.6) is 5.75 Å². The van der Waals surface area contributed by atoms with Crippen molar-refractivity contribution in [1.29, 1.82) is 0 Å². The topological polar surface area (TPSA) is 21.3 Å². The van der Waals surface area contributed by atoms with Crippen molar-refractivity contribution in [2.45, 2.75) is 38.8 Å². The highest BCUT2D eigenvalue weighted by Crippen LogP contribution is 2.43. The highest BCUT2D eigenvalue weighted by atomic mass is 35.5. The molecule has 1 aromatic carbocycles. The molecule has 1 heterocycles. The van der Waals surface area contributed by atoms with Gasteiger partial charge in [0.25, 0.3) is 0 Å². The minimum absolute atomic E-state index is 0.0446. The average molecular weight is 258 g/mol. The molecule has 0 aromatic heterocycles. The van der Waals surface area contributed by atoms with E-state index in [9.17, 15) is 4.39 Å². The molecule has 2 nitrogen and oxygen atoms in total. The number of benzene rings is 1. The van der Waals surface area contributed by atoms with Crippen LogP contribution >= 0.6 is 11.6 Å². The highest BCUT2D eigenvalue weighted by molar-refractivity contribution is 6.32. The van der Waals surface area contributed by atoms with Crippen LogP contribution in [0.3, 0.4) is 0 Å². The SMILES string of the molecule is CCCC1Oc2c(Cl)cc(F)cc2C1NCC. The quantitative estimate of drug-likeness (QED) is 0.888. The molecule has 0 fully saturated rings. The molecule has 0 radical (unpaired) electrons. The first-order valence-corrected chi connectivity index (χ1v) is 6.44. The summed E-state index contributed by atoms with van der Waals surface area (Å²) in [6, 6.07) is 2.87. The fourth-order valence-corrected chi connectivity index (χ4v) is 2.58. The number of hydrogen-bond donors (Lipinski definition) is 1. The Kier molecular flexibility index (Phi) is 3.89. The van der Waals surface area contributed by atoms with Crippen LogP contribution in [-0.4, -0.2) is 12.6 Å². The Morgan fingerprint density at radius 2 is 2.18 bits per heavy atom. The van der Waals surface area contributed by atoms with E-state index in [0.717, 1.165) is 24.9 Å². The molecular weight excluding hydrogens is 241 g/mol. The zero-order valence-electron chi connectivity index (χ0n) is 10.1. The number of likely N-dealkylation sites (N-methyl/N-ethyl adjacent to an activating group) is 1. The molecule has 0 spiro atoms. The summed E-state index contributed by atoms with van der Waals surface area (Å²) in [6.07, 6.45) is 2.01. The normalized spacial score (nSPS) is 22.4. The van der Waals surface area contributed by atoms with E-state index < -0.39 is 0 Å². The van der Waals surface area contributed by atoms with Gasteiger partial charge >= 0.3 is 0 Å². The van der Waals surface area contributed by atoms with Gasteiger partial charge in [0.1, 0.15) is 17.7 Å². The lowest BCUT2D eigenvalue weighted by atomic mass is 10.0. The summed E-state index contributed by atoms with van der Waals surface area (Å²) in [5.74, 6) is 0.329. The van der Waals surface area contributed by atoms with E-state index in [2.05, 4.69) is 12.2 Å². The molecule has 0 saturated heterocycles. The average Bonchev–Trinajstić information content (AvgIpc) is 2.59. The Morgan fingerprint density at radius 1 is 1.41 bits per heavy atom. The zero-order valence-corrected chi connectivity index (χ0v) is 10.9. The predicted molar refractivity (Wildman–Crippen MR) is 67.2 cm³/mol. The fraction of sp³-hybridized carbons (Fsp3) is 0.538. The maximum atomic E-state index is 13.4. The van der Waals surface area contributed by atoms with Gasteiger partial charge in [-0.15, -0.1) is 0 Å². The smallest absolute Gasteiger partial charge is 0.143 e. The minimum atomic E-state index is -0.308. The van der Waals surface area contributed by atoms with Crippen molar-refractivity contribution in [2.75, 3.05) is 6.54 Å². The van der Waals surface area contributed by atoms with Crippen LogP contribution in [0.4, 0.5) is 4.39 Å². The molecule has 0 aliphatic carbocycles. The molecule has 1 aromatic rings. The minimum Gasteiger partial charge on any atom is -0.487 e. The largest absolute Gasteiger partial charge is 0.487 e. The summed E-state index contributed by atoms with van der Waals surface area (Å²) in [5, 5.41) is 3.70. The predicted octanol–water partition coefficient (Wildman–Crippen LogP) is 3.69. The third-order valence-electron chi connectivity index (χ3n) is 3.01. The van der Waals surface area contributed by atoms with Gasteiger partial charge in [-0.05, 0) is 25.1 Å². The van der Waals surface area contributed by atoms with E-state index >= 15 is 0 Å². The first-order chi connectivity index (χ1) is 8.17. The second-order valence-electron chi connectivity index (χ2n) is 4.29. The monoisotopic (exact) mass is 257 g/mol. The van der Waals surface area contributed by atoms with Gasteiger partial charge < -0.3 is 10.1 Å².